The lowest BCUT2D eigenvalue weighted by atomic mass is 10.1. The average Bonchev–Trinajstić information content (AvgIpc) is 2.53. The largest absolute Gasteiger partial charge is 0.416 e. The topological polar surface area (TPSA) is 63.4 Å². The number of benzene rings is 2. The number of halogens is 6. The van der Waals surface area contributed by atoms with E-state index in [4.69, 9.17) is 5.73 Å². The first-order valence-corrected chi connectivity index (χ1v) is 6.89. The molecule has 0 aliphatic carbocycles. The number of nitrogens with two attached hydrogens (primary N) is 1. The number of hydrogen-bond acceptors (Lipinski definition) is 2. The van der Waals surface area contributed by atoms with Crippen molar-refractivity contribution in [2.75, 3.05) is 4.90 Å². The lowest BCUT2D eigenvalue weighted by Gasteiger charge is -2.21. The van der Waals surface area contributed by atoms with Gasteiger partial charge in [0.05, 0.1) is 16.8 Å². The monoisotopic (exact) mass is 376 g/mol. The van der Waals surface area contributed by atoms with Gasteiger partial charge in [-0.1, -0.05) is 18.2 Å². The molecule has 2 aromatic rings. The Kier molecular flexibility index (Phi) is 4.97. The van der Waals surface area contributed by atoms with Crippen molar-refractivity contribution in [2.45, 2.75) is 12.4 Å². The highest BCUT2D eigenvalue weighted by Gasteiger charge is 2.38. The Balaban J connectivity index is 2.65. The molecule has 0 aliphatic heterocycles. The lowest BCUT2D eigenvalue weighted by molar-refractivity contribution is -0.143. The second-order valence-corrected chi connectivity index (χ2v) is 5.11. The summed E-state index contributed by atoms with van der Waals surface area (Å²) in [6.07, 6.45) is -10.3. The lowest BCUT2D eigenvalue weighted by Crippen LogP contribution is -2.41. The van der Waals surface area contributed by atoms with Gasteiger partial charge in [-0.2, -0.15) is 26.3 Å². The van der Waals surface area contributed by atoms with Crippen LogP contribution in [0.5, 0.6) is 0 Å². The van der Waals surface area contributed by atoms with Gasteiger partial charge in [0.15, 0.2) is 0 Å². The van der Waals surface area contributed by atoms with Crippen molar-refractivity contribution in [1.82, 2.24) is 0 Å². The first kappa shape index (κ1) is 19.3. The van der Waals surface area contributed by atoms with E-state index in [0.717, 1.165) is 0 Å². The molecule has 0 aliphatic rings. The van der Waals surface area contributed by atoms with Crippen LogP contribution in [0, 0.1) is 0 Å². The minimum atomic E-state index is -5.13. The van der Waals surface area contributed by atoms with Crippen molar-refractivity contribution in [1.29, 1.82) is 0 Å². The molecule has 0 bridgehead atoms. The molecule has 0 atom stereocenters. The van der Waals surface area contributed by atoms with Crippen LogP contribution in [0.15, 0.2) is 48.5 Å². The molecule has 2 aromatic carbocycles. The third-order valence-corrected chi connectivity index (χ3v) is 3.27. The number of imide groups is 1. The summed E-state index contributed by atoms with van der Waals surface area (Å²) < 4.78 is 77.6. The molecular weight excluding hydrogens is 366 g/mol. The number of carbonyl (C=O) groups is 2. The molecule has 0 fully saturated rings. The second kappa shape index (κ2) is 6.70. The molecule has 2 N–H and O–H groups in total. The van der Waals surface area contributed by atoms with Crippen molar-refractivity contribution < 1.29 is 35.9 Å². The molecule has 0 aromatic heterocycles. The van der Waals surface area contributed by atoms with Gasteiger partial charge in [0.2, 0.25) is 0 Å². The van der Waals surface area contributed by atoms with Crippen LogP contribution in [-0.4, -0.2) is 11.9 Å². The molecule has 26 heavy (non-hydrogen) atoms. The van der Waals surface area contributed by atoms with E-state index in [-0.39, 0.29) is 28.7 Å². The highest BCUT2D eigenvalue weighted by atomic mass is 19.4. The molecule has 0 saturated carbocycles. The van der Waals surface area contributed by atoms with E-state index in [0.29, 0.717) is 0 Å². The molecule has 138 valence electrons. The normalized spacial score (nSPS) is 11.9. The quantitative estimate of drug-likeness (QED) is 0.787. The minimum absolute atomic E-state index is 0.0554. The summed E-state index contributed by atoms with van der Waals surface area (Å²) in [4.78, 5) is 24.0. The van der Waals surface area contributed by atoms with E-state index in [2.05, 4.69) is 0 Å². The molecule has 0 radical (unpaired) electrons. The zero-order chi connectivity index (χ0) is 19.7. The maximum Gasteiger partial charge on any atom is 0.416 e. The summed E-state index contributed by atoms with van der Waals surface area (Å²) in [6.45, 7) is 0. The highest BCUT2D eigenvalue weighted by molar-refractivity contribution is 6.20. The van der Waals surface area contributed by atoms with Gasteiger partial charge < -0.3 is 5.73 Å². The maximum atomic E-state index is 12.9. The summed E-state index contributed by atoms with van der Waals surface area (Å²) >= 11 is 0. The summed E-state index contributed by atoms with van der Waals surface area (Å²) in [5.41, 5.74) is 0.607. The number of alkyl halides is 6. The number of anilines is 1. The van der Waals surface area contributed by atoms with Crippen molar-refractivity contribution in [2.24, 2.45) is 5.73 Å². The Hall–Kier alpha value is -3.04. The van der Waals surface area contributed by atoms with E-state index in [1.807, 2.05) is 0 Å². The molecule has 0 heterocycles. The van der Waals surface area contributed by atoms with Gasteiger partial charge >= 0.3 is 18.4 Å². The Labute approximate surface area is 142 Å². The summed E-state index contributed by atoms with van der Waals surface area (Å²) in [5, 5.41) is 0. The summed E-state index contributed by atoms with van der Waals surface area (Å²) in [7, 11) is 0. The third kappa shape index (κ3) is 4.13. The van der Waals surface area contributed by atoms with E-state index in [9.17, 15) is 35.9 Å². The smallest absolute Gasteiger partial charge is 0.351 e. The molecule has 0 spiro atoms. The number of urea groups is 1. The van der Waals surface area contributed by atoms with Gasteiger partial charge in [-0.05, 0) is 30.3 Å². The van der Waals surface area contributed by atoms with E-state index in [1.54, 1.807) is 0 Å². The van der Waals surface area contributed by atoms with E-state index >= 15 is 0 Å². The van der Waals surface area contributed by atoms with Gasteiger partial charge in [0.1, 0.15) is 0 Å². The van der Waals surface area contributed by atoms with Crippen LogP contribution in [0.4, 0.5) is 36.8 Å². The number of hydrogen-bond donors (Lipinski definition) is 1. The van der Waals surface area contributed by atoms with Crippen LogP contribution in [0.25, 0.3) is 0 Å². The van der Waals surface area contributed by atoms with Gasteiger partial charge in [-0.3, -0.25) is 4.79 Å². The first-order valence-electron chi connectivity index (χ1n) is 6.89. The Morgan fingerprint density at radius 1 is 0.808 bits per heavy atom. The highest BCUT2D eigenvalue weighted by Crippen LogP contribution is 2.38. The van der Waals surface area contributed by atoms with Crippen molar-refractivity contribution in [3.8, 4) is 0 Å². The van der Waals surface area contributed by atoms with Crippen molar-refractivity contribution >= 4 is 17.6 Å². The number of carbonyl (C=O) groups excluding carboxylic acids is 2. The van der Waals surface area contributed by atoms with Crippen LogP contribution >= 0.6 is 0 Å². The van der Waals surface area contributed by atoms with Crippen LogP contribution in [0.1, 0.15) is 21.5 Å². The van der Waals surface area contributed by atoms with Crippen LogP contribution in [0.2, 0.25) is 0 Å². The minimum Gasteiger partial charge on any atom is -0.351 e. The van der Waals surface area contributed by atoms with Crippen LogP contribution in [-0.2, 0) is 12.4 Å². The average molecular weight is 376 g/mol. The van der Waals surface area contributed by atoms with E-state index < -0.39 is 41.1 Å². The summed E-state index contributed by atoms with van der Waals surface area (Å²) in [6, 6.07) is 5.66. The van der Waals surface area contributed by atoms with Gasteiger partial charge in [0, 0.05) is 5.56 Å². The Bertz CT molecular complexity index is 799. The zero-order valence-corrected chi connectivity index (χ0v) is 12.7. The van der Waals surface area contributed by atoms with Gasteiger partial charge in [0.25, 0.3) is 5.91 Å². The molecule has 2 rings (SSSR count). The number of amides is 3. The van der Waals surface area contributed by atoms with Gasteiger partial charge in [-0.15, -0.1) is 0 Å². The predicted octanol–water partition coefficient (Wildman–Crippen LogP) is 4.45. The number of rotatable bonds is 2. The number of primary amides is 1. The standard InChI is InChI=1S/C16H10F6N2O2/c17-15(18,19)10-6-11(16(20,21)22)8-12(7-10)24(14(23)26)13(25)9-4-2-1-3-5-9/h1-8H,(H2,23,26). The molecule has 0 unspecified atom stereocenters. The second-order valence-electron chi connectivity index (χ2n) is 5.11. The molecule has 3 amide bonds. The molecule has 4 nitrogen and oxygen atoms in total. The Morgan fingerprint density at radius 2 is 1.27 bits per heavy atom. The van der Waals surface area contributed by atoms with Crippen LogP contribution in [0.3, 0.4) is 0 Å². The van der Waals surface area contributed by atoms with Crippen LogP contribution < -0.4 is 10.6 Å². The van der Waals surface area contributed by atoms with Gasteiger partial charge in [-0.25, -0.2) is 9.69 Å². The summed E-state index contributed by atoms with van der Waals surface area (Å²) in [5.74, 6) is -1.16. The third-order valence-electron chi connectivity index (χ3n) is 3.27. The fraction of sp³-hybridized carbons (Fsp3) is 0.125. The maximum absolute atomic E-state index is 12.9. The number of nitrogens with zero attached hydrogens (tertiary/aromatic N) is 1. The fourth-order valence-corrected chi connectivity index (χ4v) is 2.12. The SMILES string of the molecule is NC(=O)N(C(=O)c1ccccc1)c1cc(C(F)(F)F)cc(C(F)(F)F)c1. The molecular formula is C16H10F6N2O2. The predicted molar refractivity (Wildman–Crippen MR) is 79.3 cm³/mol. The fourth-order valence-electron chi connectivity index (χ4n) is 2.12. The zero-order valence-electron chi connectivity index (χ0n) is 12.7. The molecule has 0 saturated heterocycles. The molecule has 10 heteroatoms. The Morgan fingerprint density at radius 3 is 1.65 bits per heavy atom. The van der Waals surface area contributed by atoms with Crippen molar-refractivity contribution in [3.05, 3.63) is 65.2 Å². The first-order chi connectivity index (χ1) is 11.9. The van der Waals surface area contributed by atoms with Crippen molar-refractivity contribution in [3.63, 3.8) is 0 Å². The van der Waals surface area contributed by atoms with E-state index in [1.165, 1.54) is 30.3 Å².